The Bertz CT molecular complexity index is 856. The first-order valence-corrected chi connectivity index (χ1v) is 10.00. The van der Waals surface area contributed by atoms with Crippen molar-refractivity contribution >= 4 is 5.82 Å². The molecule has 30 heavy (non-hydrogen) atoms. The summed E-state index contributed by atoms with van der Waals surface area (Å²) < 4.78 is 44.5. The predicted octanol–water partition coefficient (Wildman–Crippen LogP) is 4.60. The lowest BCUT2D eigenvalue weighted by Gasteiger charge is -2.17. The highest BCUT2D eigenvalue weighted by Gasteiger charge is 2.33. The van der Waals surface area contributed by atoms with E-state index in [4.69, 9.17) is 10.5 Å². The smallest absolute Gasteiger partial charge is 0.416 e. The fraction of sp³-hybridized carbons (Fsp3) is 0.524. The zero-order valence-electron chi connectivity index (χ0n) is 17.2. The third kappa shape index (κ3) is 5.60. The minimum absolute atomic E-state index is 0.0503. The molecular weight excluding hydrogens is 399 g/mol. The van der Waals surface area contributed by atoms with Gasteiger partial charge in [-0.1, -0.05) is 33.1 Å². The van der Waals surface area contributed by atoms with Crippen molar-refractivity contribution in [3.8, 4) is 17.0 Å². The van der Waals surface area contributed by atoms with E-state index in [0.29, 0.717) is 36.6 Å². The number of rotatable bonds is 3. The maximum Gasteiger partial charge on any atom is 0.416 e. The van der Waals surface area contributed by atoms with Gasteiger partial charge in [0.15, 0.2) is 5.82 Å². The molecule has 0 unspecified atom stereocenters. The van der Waals surface area contributed by atoms with Crippen molar-refractivity contribution in [3.63, 3.8) is 0 Å². The second kappa shape index (κ2) is 10.6. The molecule has 166 valence electrons. The van der Waals surface area contributed by atoms with Crippen LogP contribution in [0.25, 0.3) is 11.3 Å². The van der Waals surface area contributed by atoms with Crippen LogP contribution in [0, 0.1) is 0 Å². The van der Waals surface area contributed by atoms with Crippen LogP contribution in [-0.2, 0) is 30.5 Å². The summed E-state index contributed by atoms with van der Waals surface area (Å²) in [4.78, 5) is 0. The Morgan fingerprint density at radius 2 is 1.87 bits per heavy atom. The van der Waals surface area contributed by atoms with E-state index in [2.05, 4.69) is 24.0 Å². The monoisotopic (exact) mass is 427 g/mol. The number of phenolic OH excluding ortho intramolecular Hbond substituents is 1. The molecule has 3 rings (SSSR count). The zero-order valence-corrected chi connectivity index (χ0v) is 17.2. The van der Waals surface area contributed by atoms with Crippen molar-refractivity contribution in [3.05, 3.63) is 34.4 Å². The number of nitrogen functional groups attached to an aromatic ring is 1. The summed E-state index contributed by atoms with van der Waals surface area (Å²) in [6, 6.07) is 1.58. The fourth-order valence-electron chi connectivity index (χ4n) is 3.29. The topological polar surface area (TPSA) is 101 Å². The van der Waals surface area contributed by atoms with Gasteiger partial charge in [0.1, 0.15) is 11.4 Å². The minimum atomic E-state index is -4.60. The van der Waals surface area contributed by atoms with Gasteiger partial charge in [-0.25, -0.2) is 0 Å². The molecule has 4 N–H and O–H groups in total. The molecule has 0 bridgehead atoms. The maximum absolute atomic E-state index is 13.0. The SMILES string of the molecule is CCCCC.Nc1nnc2c(c1CO)CCCOCc1cc(C(F)(F)F)cc(O)c1-2. The molecule has 1 aliphatic heterocycles. The highest BCUT2D eigenvalue weighted by atomic mass is 19.4. The Hall–Kier alpha value is -2.39. The molecule has 0 spiro atoms. The van der Waals surface area contributed by atoms with Crippen LogP contribution >= 0.6 is 0 Å². The largest absolute Gasteiger partial charge is 0.507 e. The van der Waals surface area contributed by atoms with Crippen LogP contribution in [0.3, 0.4) is 0 Å². The van der Waals surface area contributed by atoms with Crippen molar-refractivity contribution < 1.29 is 28.1 Å². The first-order valence-electron chi connectivity index (χ1n) is 10.00. The summed E-state index contributed by atoms with van der Waals surface area (Å²) in [5, 5.41) is 27.6. The highest BCUT2D eigenvalue weighted by Crippen LogP contribution is 2.41. The molecule has 0 amide bonds. The van der Waals surface area contributed by atoms with Crippen LogP contribution in [0.15, 0.2) is 12.1 Å². The van der Waals surface area contributed by atoms with Gasteiger partial charge in [-0.2, -0.15) is 13.2 Å². The van der Waals surface area contributed by atoms with Gasteiger partial charge in [0, 0.05) is 17.7 Å². The van der Waals surface area contributed by atoms with E-state index in [0.717, 1.165) is 6.07 Å². The number of aliphatic hydroxyl groups is 1. The Morgan fingerprint density at radius 1 is 1.17 bits per heavy atom. The fourth-order valence-corrected chi connectivity index (χ4v) is 3.29. The number of nitrogens with zero attached hydrogens (tertiary/aromatic N) is 2. The lowest BCUT2D eigenvalue weighted by Crippen LogP contribution is -2.10. The van der Waals surface area contributed by atoms with Crippen LogP contribution in [0.4, 0.5) is 19.0 Å². The summed E-state index contributed by atoms with van der Waals surface area (Å²) in [6.45, 7) is 4.24. The first kappa shape index (κ1) is 23.9. The Labute approximate surface area is 173 Å². The summed E-state index contributed by atoms with van der Waals surface area (Å²) >= 11 is 0. The molecule has 1 aromatic carbocycles. The predicted molar refractivity (Wildman–Crippen MR) is 108 cm³/mol. The van der Waals surface area contributed by atoms with E-state index in [-0.39, 0.29) is 35.9 Å². The quantitative estimate of drug-likeness (QED) is 0.662. The molecule has 2 heterocycles. The zero-order chi connectivity index (χ0) is 22.3. The van der Waals surface area contributed by atoms with Crippen LogP contribution in [0.2, 0.25) is 0 Å². The van der Waals surface area contributed by atoms with Gasteiger partial charge in [0.2, 0.25) is 0 Å². The van der Waals surface area contributed by atoms with Gasteiger partial charge < -0.3 is 20.7 Å². The summed E-state index contributed by atoms with van der Waals surface area (Å²) in [5.41, 5.74) is 6.17. The number of ether oxygens (including phenoxy) is 1. The van der Waals surface area contributed by atoms with Crippen LogP contribution < -0.4 is 5.73 Å². The van der Waals surface area contributed by atoms with Gasteiger partial charge in [-0.05, 0) is 36.1 Å². The first-order chi connectivity index (χ1) is 14.2. The Morgan fingerprint density at radius 3 is 2.43 bits per heavy atom. The summed E-state index contributed by atoms with van der Waals surface area (Å²) in [6.07, 6.45) is 0.473. The van der Waals surface area contributed by atoms with Crippen LogP contribution in [0.1, 0.15) is 61.8 Å². The van der Waals surface area contributed by atoms with Gasteiger partial charge >= 0.3 is 6.18 Å². The number of halogens is 3. The molecule has 1 aliphatic rings. The number of nitrogens with two attached hydrogens (primary N) is 1. The van der Waals surface area contributed by atoms with Crippen molar-refractivity contribution in [2.75, 3.05) is 12.3 Å². The van der Waals surface area contributed by atoms with E-state index < -0.39 is 17.5 Å². The second-order valence-corrected chi connectivity index (χ2v) is 7.09. The molecule has 0 saturated heterocycles. The van der Waals surface area contributed by atoms with Crippen molar-refractivity contribution in [2.45, 2.75) is 65.3 Å². The molecule has 9 heteroatoms. The molecule has 0 aliphatic carbocycles. The van der Waals surface area contributed by atoms with E-state index in [1.807, 2.05) is 0 Å². The highest BCUT2D eigenvalue weighted by molar-refractivity contribution is 5.75. The lowest BCUT2D eigenvalue weighted by molar-refractivity contribution is -0.137. The third-order valence-electron chi connectivity index (χ3n) is 4.82. The van der Waals surface area contributed by atoms with E-state index in [1.165, 1.54) is 19.3 Å². The van der Waals surface area contributed by atoms with E-state index in [9.17, 15) is 23.4 Å². The second-order valence-electron chi connectivity index (χ2n) is 7.09. The number of aromatic hydroxyl groups is 1. The van der Waals surface area contributed by atoms with Crippen molar-refractivity contribution in [1.29, 1.82) is 0 Å². The number of phenols is 1. The molecule has 6 nitrogen and oxygen atoms in total. The van der Waals surface area contributed by atoms with Crippen LogP contribution in [0.5, 0.6) is 5.75 Å². The number of aromatic nitrogens is 2. The van der Waals surface area contributed by atoms with Gasteiger partial charge in [0.25, 0.3) is 0 Å². The molecule has 2 aromatic rings. The molecule has 0 atom stereocenters. The van der Waals surface area contributed by atoms with Crippen LogP contribution in [-0.4, -0.2) is 27.0 Å². The Kier molecular flexibility index (Phi) is 8.43. The maximum atomic E-state index is 13.0. The molecule has 0 radical (unpaired) electrons. The van der Waals surface area contributed by atoms with Gasteiger partial charge in [-0.3, -0.25) is 0 Å². The number of unbranched alkanes of at least 4 members (excludes halogenated alkanes) is 2. The number of hydrogen-bond acceptors (Lipinski definition) is 6. The van der Waals surface area contributed by atoms with Crippen molar-refractivity contribution in [2.24, 2.45) is 0 Å². The standard InChI is InChI=1S/C16H16F3N3O3.C5H12/c17-16(18,19)9-4-8-7-25-3-1-2-10-11(6-23)15(20)22-21-14(10)13(8)12(24)5-9;1-3-5-4-2/h4-5,23-24H,1-3,6-7H2,(H2,20,22);3-5H2,1-2H3. The third-order valence-corrected chi connectivity index (χ3v) is 4.82. The normalized spacial score (nSPS) is 13.8. The molecule has 1 aromatic heterocycles. The minimum Gasteiger partial charge on any atom is -0.507 e. The van der Waals surface area contributed by atoms with E-state index >= 15 is 0 Å². The van der Waals surface area contributed by atoms with Gasteiger partial charge in [-0.15, -0.1) is 10.2 Å². The number of anilines is 1. The summed E-state index contributed by atoms with van der Waals surface area (Å²) in [7, 11) is 0. The molecule has 0 fully saturated rings. The molecule has 0 saturated carbocycles. The average molecular weight is 427 g/mol. The Balaban J connectivity index is 0.000000575. The number of benzene rings is 1. The lowest BCUT2D eigenvalue weighted by atomic mass is 9.93. The average Bonchev–Trinajstić information content (AvgIpc) is 2.77. The van der Waals surface area contributed by atoms with E-state index in [1.54, 1.807) is 0 Å². The number of alkyl halides is 3. The number of fused-ring (bicyclic) bond motifs is 3. The van der Waals surface area contributed by atoms with Gasteiger partial charge in [0.05, 0.1) is 18.8 Å². The van der Waals surface area contributed by atoms with Crippen molar-refractivity contribution in [1.82, 2.24) is 10.2 Å². The molecular formula is C21H28F3N3O3. The number of hydrogen-bond donors (Lipinski definition) is 3. The summed E-state index contributed by atoms with van der Waals surface area (Å²) in [5.74, 6) is -0.520. The number of aliphatic hydroxyl groups excluding tert-OH is 1.